The maximum absolute atomic E-state index is 12.2. The third kappa shape index (κ3) is 10.4. The molecule has 1 saturated heterocycles. The molecule has 0 saturated carbocycles. The van der Waals surface area contributed by atoms with Gasteiger partial charge in [-0.2, -0.15) is 0 Å². The van der Waals surface area contributed by atoms with Crippen LogP contribution in [0.2, 0.25) is 0 Å². The number of nitrogens with zero attached hydrogens (tertiary/aromatic N) is 3. The van der Waals surface area contributed by atoms with Crippen molar-refractivity contribution < 1.29 is 14.3 Å². The maximum Gasteiger partial charge on any atom is 0.234 e. The van der Waals surface area contributed by atoms with Gasteiger partial charge in [-0.1, -0.05) is 0 Å². The molecule has 10 heteroatoms. The van der Waals surface area contributed by atoms with E-state index in [2.05, 4.69) is 25.8 Å². The van der Waals surface area contributed by atoms with Gasteiger partial charge in [0.25, 0.3) is 0 Å². The lowest BCUT2D eigenvalue weighted by Crippen LogP contribution is -2.54. The van der Waals surface area contributed by atoms with Crippen molar-refractivity contribution in [2.24, 2.45) is 10.4 Å². The van der Waals surface area contributed by atoms with Crippen LogP contribution in [-0.2, 0) is 14.3 Å². The zero-order valence-corrected chi connectivity index (χ0v) is 20.9. The van der Waals surface area contributed by atoms with Crippen molar-refractivity contribution in [1.82, 2.24) is 25.8 Å². The number of piperazine rings is 1. The van der Waals surface area contributed by atoms with E-state index in [0.717, 1.165) is 38.7 Å². The standard InChI is InChI=1S/C19H38N6O3.HI/c1-6-20-17(27)19(3,4)15-23-18(21-7-2)25-11-9-24(10-12-25)14-16(26)22-8-13-28-5;/h6-15H2,1-5H3,(H,20,27)(H,21,23)(H,22,26);1H. The molecule has 1 heterocycles. The van der Waals surface area contributed by atoms with Crippen LogP contribution >= 0.6 is 24.0 Å². The predicted molar refractivity (Wildman–Crippen MR) is 127 cm³/mol. The Morgan fingerprint density at radius 2 is 1.66 bits per heavy atom. The molecule has 0 aromatic rings. The van der Waals surface area contributed by atoms with Gasteiger partial charge in [-0.05, 0) is 27.7 Å². The van der Waals surface area contributed by atoms with Gasteiger partial charge in [-0.15, -0.1) is 24.0 Å². The Hall–Kier alpha value is -1.14. The van der Waals surface area contributed by atoms with Crippen LogP contribution < -0.4 is 16.0 Å². The Labute approximate surface area is 192 Å². The third-order valence-electron chi connectivity index (χ3n) is 4.58. The van der Waals surface area contributed by atoms with Crippen molar-refractivity contribution in [2.45, 2.75) is 27.7 Å². The lowest BCUT2D eigenvalue weighted by molar-refractivity contribution is -0.128. The van der Waals surface area contributed by atoms with Crippen LogP contribution in [0.15, 0.2) is 4.99 Å². The molecule has 1 rings (SSSR count). The molecule has 1 fully saturated rings. The lowest BCUT2D eigenvalue weighted by Gasteiger charge is -2.36. The lowest BCUT2D eigenvalue weighted by atomic mass is 9.92. The van der Waals surface area contributed by atoms with E-state index in [1.807, 2.05) is 27.7 Å². The second-order valence-corrected chi connectivity index (χ2v) is 7.52. The highest BCUT2D eigenvalue weighted by Gasteiger charge is 2.28. The summed E-state index contributed by atoms with van der Waals surface area (Å²) in [6.45, 7) is 14.2. The van der Waals surface area contributed by atoms with E-state index in [-0.39, 0.29) is 35.8 Å². The average Bonchev–Trinajstić information content (AvgIpc) is 2.66. The van der Waals surface area contributed by atoms with Crippen LogP contribution in [0.4, 0.5) is 0 Å². The summed E-state index contributed by atoms with van der Waals surface area (Å²) in [5, 5.41) is 9.04. The largest absolute Gasteiger partial charge is 0.383 e. The van der Waals surface area contributed by atoms with Crippen LogP contribution in [-0.4, -0.2) is 100 Å². The highest BCUT2D eigenvalue weighted by molar-refractivity contribution is 14.0. The molecule has 0 aromatic heterocycles. The van der Waals surface area contributed by atoms with E-state index >= 15 is 0 Å². The summed E-state index contributed by atoms with van der Waals surface area (Å²) >= 11 is 0. The fourth-order valence-electron chi connectivity index (χ4n) is 2.84. The van der Waals surface area contributed by atoms with Gasteiger partial charge in [0.15, 0.2) is 5.96 Å². The number of methoxy groups -OCH3 is 1. The van der Waals surface area contributed by atoms with Gasteiger partial charge >= 0.3 is 0 Å². The number of halogens is 1. The minimum atomic E-state index is -0.557. The molecule has 0 aromatic carbocycles. The van der Waals surface area contributed by atoms with Gasteiger partial charge in [0.2, 0.25) is 11.8 Å². The van der Waals surface area contributed by atoms with Crippen LogP contribution in [0.3, 0.4) is 0 Å². The fraction of sp³-hybridized carbons (Fsp3) is 0.842. The number of amides is 2. The van der Waals surface area contributed by atoms with Crippen LogP contribution in [0.1, 0.15) is 27.7 Å². The summed E-state index contributed by atoms with van der Waals surface area (Å²) in [7, 11) is 1.62. The molecular formula is C19H39IN6O3. The Kier molecular flexibility index (Phi) is 14.2. The predicted octanol–water partition coefficient (Wildman–Crippen LogP) is 0.112. The number of ether oxygens (including phenoxy) is 1. The van der Waals surface area contributed by atoms with E-state index in [1.165, 1.54) is 0 Å². The molecule has 3 N–H and O–H groups in total. The van der Waals surface area contributed by atoms with E-state index in [1.54, 1.807) is 7.11 Å². The zero-order valence-electron chi connectivity index (χ0n) is 18.5. The normalized spacial score (nSPS) is 15.5. The molecule has 1 aliphatic rings. The van der Waals surface area contributed by atoms with E-state index in [9.17, 15) is 9.59 Å². The van der Waals surface area contributed by atoms with Crippen molar-refractivity contribution in [1.29, 1.82) is 0 Å². The third-order valence-corrected chi connectivity index (χ3v) is 4.58. The quantitative estimate of drug-likeness (QED) is 0.162. The van der Waals surface area contributed by atoms with Crippen molar-refractivity contribution >= 4 is 41.8 Å². The molecule has 0 bridgehead atoms. The SMILES string of the molecule is CCNC(=O)C(C)(C)CN=C(NCC)N1CCN(CC(=O)NCCOC)CC1.I. The molecule has 170 valence electrons. The van der Waals surface area contributed by atoms with Crippen LogP contribution in [0, 0.1) is 5.41 Å². The number of hydrogen-bond donors (Lipinski definition) is 3. The minimum Gasteiger partial charge on any atom is -0.383 e. The van der Waals surface area contributed by atoms with Gasteiger partial charge in [-0.3, -0.25) is 19.5 Å². The molecule has 0 aliphatic carbocycles. The first-order valence-electron chi connectivity index (χ1n) is 10.1. The Morgan fingerprint density at radius 3 is 2.21 bits per heavy atom. The second kappa shape index (κ2) is 14.8. The molecule has 0 unspecified atom stereocenters. The Morgan fingerprint density at radius 1 is 1.03 bits per heavy atom. The smallest absolute Gasteiger partial charge is 0.234 e. The van der Waals surface area contributed by atoms with Gasteiger partial charge in [0, 0.05) is 52.9 Å². The number of carbonyl (C=O) groups excluding carboxylic acids is 2. The summed E-state index contributed by atoms with van der Waals surface area (Å²) < 4.78 is 4.94. The molecule has 0 radical (unpaired) electrons. The van der Waals surface area contributed by atoms with E-state index < -0.39 is 5.41 Å². The van der Waals surface area contributed by atoms with Crippen molar-refractivity contribution in [2.75, 3.05) is 72.6 Å². The van der Waals surface area contributed by atoms with E-state index in [0.29, 0.717) is 32.8 Å². The van der Waals surface area contributed by atoms with Crippen LogP contribution in [0.25, 0.3) is 0 Å². The van der Waals surface area contributed by atoms with Crippen LogP contribution in [0.5, 0.6) is 0 Å². The highest BCUT2D eigenvalue weighted by Crippen LogP contribution is 2.16. The fourth-order valence-corrected chi connectivity index (χ4v) is 2.84. The molecular weight excluding hydrogens is 487 g/mol. The van der Waals surface area contributed by atoms with Gasteiger partial charge in [0.05, 0.1) is 25.1 Å². The first-order chi connectivity index (χ1) is 13.3. The number of rotatable bonds is 10. The summed E-state index contributed by atoms with van der Waals surface area (Å²) in [6.07, 6.45) is 0. The van der Waals surface area contributed by atoms with Crippen molar-refractivity contribution in [3.05, 3.63) is 0 Å². The number of guanidine groups is 1. The molecule has 0 atom stereocenters. The van der Waals surface area contributed by atoms with Crippen molar-refractivity contribution in [3.63, 3.8) is 0 Å². The molecule has 2 amide bonds. The van der Waals surface area contributed by atoms with Gasteiger partial charge < -0.3 is 25.6 Å². The number of carbonyl (C=O) groups is 2. The number of aliphatic imine (C=N–C) groups is 1. The molecule has 1 aliphatic heterocycles. The summed E-state index contributed by atoms with van der Waals surface area (Å²) in [4.78, 5) is 33.2. The molecule has 9 nitrogen and oxygen atoms in total. The first kappa shape index (κ1) is 27.9. The summed E-state index contributed by atoms with van der Waals surface area (Å²) in [5.74, 6) is 0.859. The zero-order chi connectivity index (χ0) is 21.0. The Bertz CT molecular complexity index is 522. The first-order valence-corrected chi connectivity index (χ1v) is 10.1. The van der Waals surface area contributed by atoms with Gasteiger partial charge in [-0.25, -0.2) is 0 Å². The monoisotopic (exact) mass is 526 g/mol. The number of hydrogen-bond acceptors (Lipinski definition) is 5. The minimum absolute atomic E-state index is 0. The topological polar surface area (TPSA) is 98.3 Å². The molecule has 0 spiro atoms. The maximum atomic E-state index is 12.2. The highest BCUT2D eigenvalue weighted by atomic mass is 127. The molecule has 29 heavy (non-hydrogen) atoms. The Balaban J connectivity index is 0.00000784. The number of nitrogens with one attached hydrogen (secondary N) is 3. The second-order valence-electron chi connectivity index (χ2n) is 7.52. The van der Waals surface area contributed by atoms with Gasteiger partial charge in [0.1, 0.15) is 0 Å². The average molecular weight is 526 g/mol. The summed E-state index contributed by atoms with van der Waals surface area (Å²) in [6, 6.07) is 0. The van der Waals surface area contributed by atoms with Crippen molar-refractivity contribution in [3.8, 4) is 0 Å². The summed E-state index contributed by atoms with van der Waals surface area (Å²) in [5.41, 5.74) is -0.557. The van der Waals surface area contributed by atoms with E-state index in [4.69, 9.17) is 9.73 Å².